The second kappa shape index (κ2) is 6.13. The van der Waals surface area contributed by atoms with E-state index >= 15 is 0 Å². The minimum atomic E-state index is -0.708. The zero-order valence-corrected chi connectivity index (χ0v) is 15.2. The summed E-state index contributed by atoms with van der Waals surface area (Å²) in [7, 11) is 1.62. The highest BCUT2D eigenvalue weighted by Gasteiger charge is 2.67. The molecule has 5 atom stereocenters. The number of ether oxygens (including phenoxy) is 3. The molecule has 2 bridgehead atoms. The van der Waals surface area contributed by atoms with Crippen LogP contribution in [0.25, 0.3) is 0 Å². The lowest BCUT2D eigenvalue weighted by atomic mass is 9.77. The van der Waals surface area contributed by atoms with Crippen LogP contribution < -0.4 is 4.74 Å². The molecule has 1 spiro atoms. The van der Waals surface area contributed by atoms with E-state index in [0.29, 0.717) is 13.2 Å². The number of rotatable bonds is 5. The lowest BCUT2D eigenvalue weighted by Crippen LogP contribution is -2.40. The van der Waals surface area contributed by atoms with Gasteiger partial charge >= 0.3 is 5.97 Å². The smallest absolute Gasteiger partial charge is 0.312 e. The zero-order chi connectivity index (χ0) is 18.5. The largest absolute Gasteiger partial charge is 0.497 e. The number of carbonyl (C=O) groups is 2. The Hall–Kier alpha value is -2.34. The average molecular weight is 357 g/mol. The van der Waals surface area contributed by atoms with Crippen LogP contribution in [0.5, 0.6) is 5.75 Å². The molecule has 1 aromatic rings. The maximum Gasteiger partial charge on any atom is 0.312 e. The second-order valence-electron chi connectivity index (χ2n) is 7.07. The molecular formula is C20H23NO5. The van der Waals surface area contributed by atoms with Crippen molar-refractivity contribution in [2.45, 2.75) is 31.6 Å². The molecule has 0 N–H and O–H groups in total. The molecule has 0 saturated carbocycles. The number of likely N-dealkylation sites (tertiary alicyclic amines) is 1. The van der Waals surface area contributed by atoms with Crippen LogP contribution in [-0.2, 0) is 19.1 Å². The number of benzene rings is 1. The van der Waals surface area contributed by atoms with E-state index in [1.165, 1.54) is 0 Å². The number of esters is 1. The number of methoxy groups -OCH3 is 1. The molecular weight excluding hydrogens is 334 g/mol. The molecule has 1 aromatic carbocycles. The van der Waals surface area contributed by atoms with Gasteiger partial charge in [-0.05, 0) is 31.5 Å². The molecule has 6 heteroatoms. The van der Waals surface area contributed by atoms with Crippen molar-refractivity contribution in [1.29, 1.82) is 0 Å². The van der Waals surface area contributed by atoms with Gasteiger partial charge in [-0.1, -0.05) is 24.3 Å². The molecule has 26 heavy (non-hydrogen) atoms. The summed E-state index contributed by atoms with van der Waals surface area (Å²) in [6.45, 7) is 4.51. The van der Waals surface area contributed by atoms with Crippen LogP contribution in [0.2, 0.25) is 0 Å². The van der Waals surface area contributed by atoms with Crippen LogP contribution in [0.15, 0.2) is 36.4 Å². The topological polar surface area (TPSA) is 65.1 Å². The summed E-state index contributed by atoms with van der Waals surface area (Å²) >= 11 is 0. The van der Waals surface area contributed by atoms with Gasteiger partial charge in [-0.25, -0.2) is 0 Å². The van der Waals surface area contributed by atoms with Crippen molar-refractivity contribution in [1.82, 2.24) is 4.90 Å². The molecule has 0 radical (unpaired) electrons. The van der Waals surface area contributed by atoms with Gasteiger partial charge in [-0.15, -0.1) is 0 Å². The van der Waals surface area contributed by atoms with Crippen molar-refractivity contribution in [3.63, 3.8) is 0 Å². The Balaban J connectivity index is 1.60. The van der Waals surface area contributed by atoms with Gasteiger partial charge < -0.3 is 19.1 Å². The fourth-order valence-corrected chi connectivity index (χ4v) is 4.43. The van der Waals surface area contributed by atoms with E-state index in [-0.39, 0.29) is 24.0 Å². The maximum atomic E-state index is 13.2. The summed E-state index contributed by atoms with van der Waals surface area (Å²) in [4.78, 5) is 27.4. The Morgan fingerprint density at radius 1 is 1.38 bits per heavy atom. The first-order valence-electron chi connectivity index (χ1n) is 8.99. The summed E-state index contributed by atoms with van der Waals surface area (Å²) in [5.41, 5.74) is 0.307. The van der Waals surface area contributed by atoms with E-state index in [0.717, 1.165) is 11.3 Å². The minimum Gasteiger partial charge on any atom is -0.497 e. The normalized spacial score (nSPS) is 32.7. The van der Waals surface area contributed by atoms with Crippen LogP contribution in [0.1, 0.15) is 25.5 Å². The first-order valence-corrected chi connectivity index (χ1v) is 8.99. The molecule has 2 fully saturated rings. The van der Waals surface area contributed by atoms with Gasteiger partial charge in [0.1, 0.15) is 17.3 Å². The third-order valence-electron chi connectivity index (χ3n) is 5.75. The van der Waals surface area contributed by atoms with Crippen molar-refractivity contribution < 1.29 is 23.8 Å². The summed E-state index contributed by atoms with van der Waals surface area (Å²) in [6.07, 6.45) is 3.49. The fraction of sp³-hybridized carbons (Fsp3) is 0.500. The molecule has 3 unspecified atom stereocenters. The Bertz CT molecular complexity index is 758. The van der Waals surface area contributed by atoms with E-state index in [2.05, 4.69) is 0 Å². The monoisotopic (exact) mass is 357 g/mol. The number of hydrogen-bond donors (Lipinski definition) is 0. The molecule has 1 amide bonds. The fourth-order valence-electron chi connectivity index (χ4n) is 4.43. The van der Waals surface area contributed by atoms with Crippen molar-refractivity contribution in [3.05, 3.63) is 42.0 Å². The molecule has 0 aromatic heterocycles. The van der Waals surface area contributed by atoms with Gasteiger partial charge in [-0.3, -0.25) is 9.59 Å². The highest BCUT2D eigenvalue weighted by molar-refractivity contribution is 5.91. The molecule has 3 aliphatic rings. The van der Waals surface area contributed by atoms with Crippen LogP contribution in [0.3, 0.4) is 0 Å². The number of fused-ring (bicyclic) bond motifs is 1. The Labute approximate surface area is 152 Å². The van der Waals surface area contributed by atoms with Crippen molar-refractivity contribution in [2.75, 3.05) is 20.3 Å². The van der Waals surface area contributed by atoms with E-state index in [4.69, 9.17) is 14.2 Å². The molecule has 138 valence electrons. The first-order chi connectivity index (χ1) is 12.5. The van der Waals surface area contributed by atoms with Crippen LogP contribution in [0.4, 0.5) is 0 Å². The van der Waals surface area contributed by atoms with E-state index < -0.39 is 17.4 Å². The van der Waals surface area contributed by atoms with Gasteiger partial charge in [-0.2, -0.15) is 0 Å². The van der Waals surface area contributed by atoms with Gasteiger partial charge in [0.05, 0.1) is 38.3 Å². The van der Waals surface area contributed by atoms with Crippen molar-refractivity contribution >= 4 is 11.9 Å². The average Bonchev–Trinajstić information content (AvgIpc) is 3.29. The standard InChI is InChI=1S/C20H23NO5/c1-4-25-19(23)16-15-9-10-20(26-15)11-21(18(22)17(16)20)12(2)13-5-7-14(24-3)8-6-13/h5-10,12,15-17H,4,11H2,1-3H3/t12?,15-,16?,17-,20?/m1/s1. The summed E-state index contributed by atoms with van der Waals surface area (Å²) < 4.78 is 16.5. The van der Waals surface area contributed by atoms with Gasteiger partial charge in [0.15, 0.2) is 0 Å². The summed E-state index contributed by atoms with van der Waals surface area (Å²) in [6, 6.07) is 7.57. The van der Waals surface area contributed by atoms with E-state index in [9.17, 15) is 9.59 Å². The van der Waals surface area contributed by atoms with Crippen molar-refractivity contribution in [2.24, 2.45) is 11.8 Å². The summed E-state index contributed by atoms with van der Waals surface area (Å²) in [5.74, 6) is -0.673. The maximum absolute atomic E-state index is 13.2. The number of carbonyl (C=O) groups excluding carboxylic acids is 2. The summed E-state index contributed by atoms with van der Waals surface area (Å²) in [5, 5.41) is 0. The van der Waals surface area contributed by atoms with Crippen LogP contribution in [-0.4, -0.2) is 48.7 Å². The lowest BCUT2D eigenvalue weighted by molar-refractivity contribution is -0.153. The number of amides is 1. The van der Waals surface area contributed by atoms with E-state index in [1.54, 1.807) is 14.0 Å². The lowest BCUT2D eigenvalue weighted by Gasteiger charge is -2.27. The molecule has 3 heterocycles. The quantitative estimate of drug-likeness (QED) is 0.596. The Kier molecular flexibility index (Phi) is 4.03. The predicted octanol–water partition coefficient (Wildman–Crippen LogP) is 2.10. The Morgan fingerprint density at radius 3 is 2.77 bits per heavy atom. The third-order valence-corrected chi connectivity index (χ3v) is 5.75. The SMILES string of the molecule is CCOC(=O)C1[C@H]2C=CC3(CN(C(C)c4ccc(OC)cc4)C(=O)[C@@H]13)O2. The highest BCUT2D eigenvalue weighted by atomic mass is 16.6. The minimum absolute atomic E-state index is 0.0433. The van der Waals surface area contributed by atoms with Gasteiger partial charge in [0.25, 0.3) is 0 Å². The third kappa shape index (κ3) is 2.35. The van der Waals surface area contributed by atoms with Crippen LogP contribution >= 0.6 is 0 Å². The molecule has 2 saturated heterocycles. The molecule has 0 aliphatic carbocycles. The first kappa shape index (κ1) is 17.1. The number of nitrogens with zero attached hydrogens (tertiary/aromatic N) is 1. The van der Waals surface area contributed by atoms with E-state index in [1.807, 2.05) is 48.2 Å². The van der Waals surface area contributed by atoms with Crippen molar-refractivity contribution in [3.8, 4) is 5.75 Å². The van der Waals surface area contributed by atoms with Gasteiger partial charge in [0, 0.05) is 0 Å². The second-order valence-corrected chi connectivity index (χ2v) is 7.07. The molecule has 4 rings (SSSR count). The zero-order valence-electron chi connectivity index (χ0n) is 15.2. The van der Waals surface area contributed by atoms with Gasteiger partial charge in [0.2, 0.25) is 5.91 Å². The Morgan fingerprint density at radius 2 is 2.12 bits per heavy atom. The molecule has 3 aliphatic heterocycles. The predicted molar refractivity (Wildman–Crippen MR) is 93.5 cm³/mol. The molecule has 6 nitrogen and oxygen atoms in total. The number of hydrogen-bond acceptors (Lipinski definition) is 5. The van der Waals surface area contributed by atoms with Crippen LogP contribution in [0, 0.1) is 11.8 Å². The highest BCUT2D eigenvalue weighted by Crippen LogP contribution is 2.53.